The van der Waals surface area contributed by atoms with Gasteiger partial charge in [0, 0.05) is 31.3 Å². The molecule has 1 aromatic rings. The Bertz CT molecular complexity index is 533. The fraction of sp³-hybridized carbons (Fsp3) is 0.842. The summed E-state index contributed by atoms with van der Waals surface area (Å²) in [5, 5.41) is 4.10. The molecule has 5 nitrogen and oxygen atoms in total. The average molecular weight is 334 g/mol. The molecule has 3 fully saturated rings. The molecule has 0 amide bonds. The second-order valence-corrected chi connectivity index (χ2v) is 7.78. The van der Waals surface area contributed by atoms with Crippen molar-refractivity contribution in [2.45, 2.75) is 77.2 Å². The fourth-order valence-electron chi connectivity index (χ4n) is 4.73. The third kappa shape index (κ3) is 3.26. The van der Waals surface area contributed by atoms with E-state index in [4.69, 9.17) is 14.0 Å². The second kappa shape index (κ2) is 7.14. The first-order valence-corrected chi connectivity index (χ1v) is 9.61. The van der Waals surface area contributed by atoms with Gasteiger partial charge in [0.2, 0.25) is 0 Å². The molecule has 3 atom stereocenters. The number of aromatic nitrogens is 1. The summed E-state index contributed by atoms with van der Waals surface area (Å²) >= 11 is 0. The third-order valence-electron chi connectivity index (χ3n) is 6.21. The maximum atomic E-state index is 6.30. The molecule has 0 radical (unpaired) electrons. The molecule has 2 saturated carbocycles. The van der Waals surface area contributed by atoms with Gasteiger partial charge in [-0.05, 0) is 45.4 Å². The number of fused-ring (bicyclic) bond motifs is 1. The van der Waals surface area contributed by atoms with E-state index in [0.29, 0.717) is 6.04 Å². The Kier molecular flexibility index (Phi) is 4.93. The molecule has 0 unspecified atom stereocenters. The largest absolute Gasteiger partial charge is 0.375 e. The number of ether oxygens (including phenoxy) is 2. The Hall–Kier alpha value is -0.910. The van der Waals surface area contributed by atoms with Gasteiger partial charge in [-0.25, -0.2) is 0 Å². The van der Waals surface area contributed by atoms with Crippen molar-refractivity contribution in [1.82, 2.24) is 10.1 Å². The van der Waals surface area contributed by atoms with Crippen molar-refractivity contribution >= 4 is 0 Å². The summed E-state index contributed by atoms with van der Waals surface area (Å²) < 4.78 is 17.8. The standard InChI is InChI=1S/C19H30N2O3/c1-13-16(14(2)24-20-13)11-21-9-10-22-19-17(21)7-8-18(19)23-12-15-5-3-4-6-15/h15,17-19H,3-12H2,1-2H3/t17-,18+,19+/m1/s1. The summed E-state index contributed by atoms with van der Waals surface area (Å²) in [4.78, 5) is 2.56. The Labute approximate surface area is 144 Å². The summed E-state index contributed by atoms with van der Waals surface area (Å²) in [5.41, 5.74) is 2.26. The van der Waals surface area contributed by atoms with Crippen molar-refractivity contribution < 1.29 is 14.0 Å². The van der Waals surface area contributed by atoms with Crippen molar-refractivity contribution in [1.29, 1.82) is 0 Å². The number of morpholine rings is 1. The lowest BCUT2D eigenvalue weighted by molar-refractivity contribution is -0.119. The van der Waals surface area contributed by atoms with E-state index in [2.05, 4.69) is 10.1 Å². The molecule has 2 heterocycles. The quantitative estimate of drug-likeness (QED) is 0.827. The summed E-state index contributed by atoms with van der Waals surface area (Å²) in [6, 6.07) is 0.473. The number of hydrogen-bond donors (Lipinski definition) is 0. The zero-order chi connectivity index (χ0) is 16.5. The van der Waals surface area contributed by atoms with E-state index < -0.39 is 0 Å². The predicted octanol–water partition coefficient (Wildman–Crippen LogP) is 3.23. The highest BCUT2D eigenvalue weighted by molar-refractivity contribution is 5.21. The highest BCUT2D eigenvalue weighted by Crippen LogP contribution is 2.35. The normalized spacial score (nSPS) is 31.7. The lowest BCUT2D eigenvalue weighted by Gasteiger charge is -2.39. The molecule has 5 heteroatoms. The Morgan fingerprint density at radius 3 is 2.75 bits per heavy atom. The van der Waals surface area contributed by atoms with Gasteiger partial charge < -0.3 is 14.0 Å². The van der Waals surface area contributed by atoms with Gasteiger partial charge in [-0.15, -0.1) is 0 Å². The molecule has 0 aromatic carbocycles. The summed E-state index contributed by atoms with van der Waals surface area (Å²) in [5.74, 6) is 1.73. The average Bonchev–Trinajstić information content (AvgIpc) is 3.30. The zero-order valence-electron chi connectivity index (χ0n) is 15.0. The highest BCUT2D eigenvalue weighted by atomic mass is 16.5. The molecule has 0 N–H and O–H groups in total. The van der Waals surface area contributed by atoms with Crippen LogP contribution in [0.5, 0.6) is 0 Å². The van der Waals surface area contributed by atoms with Crippen molar-refractivity contribution in [3.63, 3.8) is 0 Å². The molecule has 1 aromatic heterocycles. The second-order valence-electron chi connectivity index (χ2n) is 7.78. The SMILES string of the molecule is Cc1noc(C)c1CN1CCO[C@@H]2[C@@H](OCC3CCCC3)CC[C@H]21. The van der Waals surface area contributed by atoms with E-state index in [1.165, 1.54) is 37.7 Å². The summed E-state index contributed by atoms with van der Waals surface area (Å²) in [6.45, 7) is 7.68. The van der Waals surface area contributed by atoms with Gasteiger partial charge in [-0.2, -0.15) is 0 Å². The molecule has 4 rings (SSSR count). The molecular weight excluding hydrogens is 304 g/mol. The molecule has 134 valence electrons. The number of nitrogens with zero attached hydrogens (tertiary/aromatic N) is 2. The van der Waals surface area contributed by atoms with Gasteiger partial charge in [0.25, 0.3) is 0 Å². The lowest BCUT2D eigenvalue weighted by atomic mass is 10.1. The lowest BCUT2D eigenvalue weighted by Crippen LogP contribution is -2.51. The van der Waals surface area contributed by atoms with Crippen LogP contribution in [0.2, 0.25) is 0 Å². The van der Waals surface area contributed by atoms with Crippen LogP contribution in [0.4, 0.5) is 0 Å². The Morgan fingerprint density at radius 2 is 2.00 bits per heavy atom. The van der Waals surface area contributed by atoms with Crippen LogP contribution in [0.25, 0.3) is 0 Å². The predicted molar refractivity (Wildman–Crippen MR) is 90.8 cm³/mol. The molecule has 1 aliphatic heterocycles. The summed E-state index contributed by atoms with van der Waals surface area (Å²) in [6.07, 6.45) is 8.27. The van der Waals surface area contributed by atoms with Crippen molar-refractivity contribution in [3.05, 3.63) is 17.0 Å². The van der Waals surface area contributed by atoms with Crippen LogP contribution in [0.1, 0.15) is 55.5 Å². The zero-order valence-corrected chi connectivity index (χ0v) is 15.0. The van der Waals surface area contributed by atoms with Crippen LogP contribution in [0.3, 0.4) is 0 Å². The van der Waals surface area contributed by atoms with E-state index in [1.807, 2.05) is 13.8 Å². The number of hydrogen-bond acceptors (Lipinski definition) is 5. The first-order chi connectivity index (χ1) is 11.7. The van der Waals surface area contributed by atoms with Crippen molar-refractivity contribution in [2.24, 2.45) is 5.92 Å². The van der Waals surface area contributed by atoms with Crippen LogP contribution in [-0.2, 0) is 16.0 Å². The molecule has 2 aliphatic carbocycles. The van der Waals surface area contributed by atoms with Crippen LogP contribution in [-0.4, -0.2) is 48.1 Å². The van der Waals surface area contributed by atoms with Gasteiger partial charge in [0.15, 0.2) is 0 Å². The van der Waals surface area contributed by atoms with Gasteiger partial charge in [0.05, 0.1) is 24.5 Å². The van der Waals surface area contributed by atoms with Crippen molar-refractivity contribution in [2.75, 3.05) is 19.8 Å². The van der Waals surface area contributed by atoms with Crippen LogP contribution in [0, 0.1) is 19.8 Å². The number of aryl methyl sites for hydroxylation is 2. The molecule has 0 spiro atoms. The minimum atomic E-state index is 0.237. The molecule has 1 saturated heterocycles. The van der Waals surface area contributed by atoms with E-state index in [1.54, 1.807) is 0 Å². The first kappa shape index (κ1) is 16.6. The van der Waals surface area contributed by atoms with E-state index in [9.17, 15) is 0 Å². The van der Waals surface area contributed by atoms with E-state index in [-0.39, 0.29) is 12.2 Å². The monoisotopic (exact) mass is 334 g/mol. The molecule has 0 bridgehead atoms. The van der Waals surface area contributed by atoms with Crippen LogP contribution in [0.15, 0.2) is 4.52 Å². The maximum Gasteiger partial charge on any atom is 0.138 e. The van der Waals surface area contributed by atoms with Gasteiger partial charge >= 0.3 is 0 Å². The van der Waals surface area contributed by atoms with Gasteiger partial charge in [0.1, 0.15) is 5.76 Å². The molecule has 24 heavy (non-hydrogen) atoms. The minimum Gasteiger partial charge on any atom is -0.375 e. The maximum absolute atomic E-state index is 6.30. The van der Waals surface area contributed by atoms with Gasteiger partial charge in [-0.3, -0.25) is 4.90 Å². The molecular formula is C19H30N2O3. The van der Waals surface area contributed by atoms with Crippen molar-refractivity contribution in [3.8, 4) is 0 Å². The Morgan fingerprint density at radius 1 is 1.17 bits per heavy atom. The van der Waals surface area contributed by atoms with E-state index >= 15 is 0 Å². The molecule has 3 aliphatic rings. The van der Waals surface area contributed by atoms with Crippen LogP contribution < -0.4 is 0 Å². The number of rotatable bonds is 5. The van der Waals surface area contributed by atoms with Crippen LogP contribution >= 0.6 is 0 Å². The topological polar surface area (TPSA) is 47.7 Å². The third-order valence-corrected chi connectivity index (χ3v) is 6.21. The fourth-order valence-corrected chi connectivity index (χ4v) is 4.73. The Balaban J connectivity index is 1.37. The minimum absolute atomic E-state index is 0.237. The summed E-state index contributed by atoms with van der Waals surface area (Å²) in [7, 11) is 0. The van der Waals surface area contributed by atoms with E-state index in [0.717, 1.165) is 50.1 Å². The van der Waals surface area contributed by atoms with Gasteiger partial charge in [-0.1, -0.05) is 18.0 Å². The highest BCUT2D eigenvalue weighted by Gasteiger charge is 2.43. The first-order valence-electron chi connectivity index (χ1n) is 9.61. The smallest absolute Gasteiger partial charge is 0.138 e.